The number of aryl methyl sites for hydroxylation is 2. The van der Waals surface area contributed by atoms with Crippen LogP contribution in [-0.2, 0) is 11.8 Å². The molecule has 32 heavy (non-hydrogen) atoms. The molecule has 0 aliphatic carbocycles. The third kappa shape index (κ3) is 3.85. The highest BCUT2D eigenvalue weighted by Gasteiger charge is 2.45. The van der Waals surface area contributed by atoms with Gasteiger partial charge in [-0.25, -0.2) is 9.97 Å². The molecule has 8 nitrogen and oxygen atoms in total. The molecule has 2 aliphatic heterocycles. The monoisotopic (exact) mass is 456 g/mol. The van der Waals surface area contributed by atoms with E-state index in [1.54, 1.807) is 10.9 Å². The van der Waals surface area contributed by atoms with Crippen molar-refractivity contribution in [3.05, 3.63) is 40.7 Å². The molecular formula is C23H29ClN6O2. The SMILES string of the molecule is Cc1cc(Nc2ncc3cc(Cl)c(C4CCN([C@]5(C)COCC5O)CC4)cc3n2)n(C)n1. The van der Waals surface area contributed by atoms with Gasteiger partial charge in [-0.05, 0) is 63.4 Å². The van der Waals surface area contributed by atoms with Crippen LogP contribution in [-0.4, -0.2) is 67.7 Å². The number of halogens is 1. The second kappa shape index (κ2) is 8.26. The molecule has 0 spiro atoms. The van der Waals surface area contributed by atoms with Crippen molar-refractivity contribution in [2.24, 2.45) is 7.05 Å². The number of benzene rings is 1. The van der Waals surface area contributed by atoms with Gasteiger partial charge in [0, 0.05) is 29.7 Å². The molecule has 4 heterocycles. The third-order valence-electron chi connectivity index (χ3n) is 6.99. The van der Waals surface area contributed by atoms with Crippen LogP contribution in [0.5, 0.6) is 0 Å². The van der Waals surface area contributed by atoms with Crippen LogP contribution in [0.3, 0.4) is 0 Å². The van der Waals surface area contributed by atoms with Gasteiger partial charge in [-0.1, -0.05) is 11.6 Å². The fourth-order valence-corrected chi connectivity index (χ4v) is 5.27. The topological polar surface area (TPSA) is 88.3 Å². The summed E-state index contributed by atoms with van der Waals surface area (Å²) in [7, 11) is 1.89. The average Bonchev–Trinajstić information content (AvgIpc) is 3.28. The third-order valence-corrected chi connectivity index (χ3v) is 7.31. The van der Waals surface area contributed by atoms with Crippen molar-refractivity contribution < 1.29 is 9.84 Å². The zero-order valence-corrected chi connectivity index (χ0v) is 19.4. The van der Waals surface area contributed by atoms with Crippen molar-refractivity contribution in [1.82, 2.24) is 24.6 Å². The normalized spacial score (nSPS) is 25.0. The van der Waals surface area contributed by atoms with E-state index >= 15 is 0 Å². The van der Waals surface area contributed by atoms with Gasteiger partial charge >= 0.3 is 0 Å². The lowest BCUT2D eigenvalue weighted by Gasteiger charge is -2.43. The van der Waals surface area contributed by atoms with E-state index < -0.39 is 6.10 Å². The van der Waals surface area contributed by atoms with Crippen LogP contribution in [0.25, 0.3) is 10.9 Å². The Bertz CT molecular complexity index is 1140. The second-order valence-corrected chi connectivity index (χ2v) is 9.60. The highest BCUT2D eigenvalue weighted by molar-refractivity contribution is 6.32. The molecule has 0 radical (unpaired) electrons. The van der Waals surface area contributed by atoms with Gasteiger partial charge in [0.15, 0.2) is 0 Å². The van der Waals surface area contributed by atoms with Crippen molar-refractivity contribution in [2.75, 3.05) is 31.6 Å². The van der Waals surface area contributed by atoms with Crippen molar-refractivity contribution in [2.45, 2.75) is 44.2 Å². The van der Waals surface area contributed by atoms with Crippen LogP contribution in [0.4, 0.5) is 11.8 Å². The first kappa shape index (κ1) is 21.6. The number of hydrogen-bond donors (Lipinski definition) is 2. The maximum Gasteiger partial charge on any atom is 0.228 e. The van der Waals surface area contributed by atoms with Crippen molar-refractivity contribution in [3.63, 3.8) is 0 Å². The molecule has 1 unspecified atom stereocenters. The van der Waals surface area contributed by atoms with Crippen LogP contribution in [0, 0.1) is 6.92 Å². The first-order valence-corrected chi connectivity index (χ1v) is 11.5. The molecule has 170 valence electrons. The molecule has 2 aromatic heterocycles. The van der Waals surface area contributed by atoms with E-state index in [0.717, 1.165) is 58.9 Å². The number of nitrogens with one attached hydrogen (secondary N) is 1. The van der Waals surface area contributed by atoms with E-state index in [-0.39, 0.29) is 5.54 Å². The highest BCUT2D eigenvalue weighted by atomic mass is 35.5. The van der Waals surface area contributed by atoms with Crippen LogP contribution in [0.15, 0.2) is 24.4 Å². The number of aromatic nitrogens is 4. The summed E-state index contributed by atoms with van der Waals surface area (Å²) in [5.41, 5.74) is 2.64. The minimum atomic E-state index is -0.436. The summed E-state index contributed by atoms with van der Waals surface area (Å²) < 4.78 is 7.30. The van der Waals surface area contributed by atoms with E-state index in [9.17, 15) is 5.11 Å². The quantitative estimate of drug-likeness (QED) is 0.622. The van der Waals surface area contributed by atoms with Crippen LogP contribution in [0.1, 0.15) is 36.9 Å². The molecular weight excluding hydrogens is 428 g/mol. The van der Waals surface area contributed by atoms with Gasteiger partial charge in [0.05, 0.1) is 36.1 Å². The molecule has 0 bridgehead atoms. The molecule has 0 saturated carbocycles. The van der Waals surface area contributed by atoms with Crippen LogP contribution in [0.2, 0.25) is 5.02 Å². The van der Waals surface area contributed by atoms with Gasteiger partial charge in [0.1, 0.15) is 5.82 Å². The van der Waals surface area contributed by atoms with E-state index in [4.69, 9.17) is 21.3 Å². The number of piperidine rings is 1. The average molecular weight is 457 g/mol. The maximum atomic E-state index is 10.4. The first-order valence-electron chi connectivity index (χ1n) is 11.1. The lowest BCUT2D eigenvalue weighted by Crippen LogP contribution is -2.56. The summed E-state index contributed by atoms with van der Waals surface area (Å²) in [6.07, 6.45) is 3.33. The molecule has 2 saturated heterocycles. The minimum Gasteiger partial charge on any atom is -0.389 e. The van der Waals surface area contributed by atoms with E-state index in [1.807, 2.05) is 26.1 Å². The molecule has 1 aromatic carbocycles. The lowest BCUT2D eigenvalue weighted by atomic mass is 9.85. The van der Waals surface area contributed by atoms with Gasteiger partial charge in [-0.2, -0.15) is 5.10 Å². The van der Waals surface area contributed by atoms with Gasteiger partial charge < -0.3 is 15.2 Å². The zero-order valence-electron chi connectivity index (χ0n) is 18.7. The van der Waals surface area contributed by atoms with Gasteiger partial charge in [-0.15, -0.1) is 0 Å². The number of aliphatic hydroxyl groups excluding tert-OH is 1. The fraction of sp³-hybridized carbons (Fsp3) is 0.522. The molecule has 2 fully saturated rings. The Kier molecular flexibility index (Phi) is 5.57. The fourth-order valence-electron chi connectivity index (χ4n) is 4.94. The van der Waals surface area contributed by atoms with Crippen molar-refractivity contribution >= 4 is 34.3 Å². The molecule has 2 aliphatic rings. The minimum absolute atomic E-state index is 0.296. The molecule has 2 atom stereocenters. The van der Waals surface area contributed by atoms with Gasteiger partial charge in [0.25, 0.3) is 0 Å². The maximum absolute atomic E-state index is 10.4. The Morgan fingerprint density at radius 3 is 2.69 bits per heavy atom. The number of ether oxygens (including phenoxy) is 1. The summed E-state index contributed by atoms with van der Waals surface area (Å²) >= 11 is 6.69. The Morgan fingerprint density at radius 2 is 2.03 bits per heavy atom. The first-order chi connectivity index (χ1) is 15.3. The smallest absolute Gasteiger partial charge is 0.228 e. The predicted molar refractivity (Wildman–Crippen MR) is 125 cm³/mol. The Balaban J connectivity index is 1.36. The number of aliphatic hydroxyl groups is 1. The van der Waals surface area contributed by atoms with E-state index in [1.165, 1.54) is 0 Å². The number of rotatable bonds is 4. The Morgan fingerprint density at radius 1 is 1.25 bits per heavy atom. The lowest BCUT2D eigenvalue weighted by molar-refractivity contribution is -0.00211. The van der Waals surface area contributed by atoms with Gasteiger partial charge in [0.2, 0.25) is 5.95 Å². The van der Waals surface area contributed by atoms with Crippen LogP contribution < -0.4 is 5.32 Å². The predicted octanol–water partition coefficient (Wildman–Crippen LogP) is 3.40. The summed E-state index contributed by atoms with van der Waals surface area (Å²) in [5.74, 6) is 1.74. The van der Waals surface area contributed by atoms with E-state index in [2.05, 4.69) is 33.3 Å². The molecule has 5 rings (SSSR count). The standard InChI is InChI=1S/C23H29ClN6O2/c1-14-8-21(29(3)28-14)27-22-25-11-16-9-18(24)17(10-19(16)26-22)15-4-6-30(7-5-15)23(2)13-32-12-20(23)31/h8-11,15,20,31H,4-7,12-13H2,1-3H3,(H,25,26,27)/t20?,23-/m1/s1. The Hall–Kier alpha value is -2.26. The largest absolute Gasteiger partial charge is 0.389 e. The number of nitrogens with zero attached hydrogens (tertiary/aromatic N) is 5. The van der Waals surface area contributed by atoms with Crippen LogP contribution >= 0.6 is 11.6 Å². The van der Waals surface area contributed by atoms with Crippen molar-refractivity contribution in [1.29, 1.82) is 0 Å². The molecule has 9 heteroatoms. The summed E-state index contributed by atoms with van der Waals surface area (Å²) in [5, 5.41) is 19.7. The molecule has 3 aromatic rings. The van der Waals surface area contributed by atoms with E-state index in [0.29, 0.717) is 25.1 Å². The number of hydrogen-bond acceptors (Lipinski definition) is 7. The molecule has 0 amide bonds. The number of fused-ring (bicyclic) bond motifs is 1. The summed E-state index contributed by atoms with van der Waals surface area (Å²) in [6, 6.07) is 6.03. The Labute approximate surface area is 192 Å². The number of anilines is 2. The van der Waals surface area contributed by atoms with Gasteiger partial charge in [-0.3, -0.25) is 9.58 Å². The van der Waals surface area contributed by atoms with Crippen molar-refractivity contribution in [3.8, 4) is 0 Å². The second-order valence-electron chi connectivity index (χ2n) is 9.20. The highest BCUT2D eigenvalue weighted by Crippen LogP contribution is 2.38. The zero-order chi connectivity index (χ0) is 22.5. The molecule has 2 N–H and O–H groups in total. The number of likely N-dealkylation sites (tertiary alicyclic amines) is 1. The summed E-state index contributed by atoms with van der Waals surface area (Å²) in [4.78, 5) is 11.5. The summed E-state index contributed by atoms with van der Waals surface area (Å²) in [6.45, 7) is 6.87.